The monoisotopic (exact) mass is 274 g/mol. The van der Waals surface area contributed by atoms with Gasteiger partial charge in [-0.05, 0) is 24.7 Å². The highest BCUT2D eigenvalue weighted by molar-refractivity contribution is 5.44. The Balaban J connectivity index is 2.02. The second-order valence-electron chi connectivity index (χ2n) is 5.16. The molecule has 19 heavy (non-hydrogen) atoms. The lowest BCUT2D eigenvalue weighted by Gasteiger charge is -2.13. The number of nitrogen functional groups attached to an aromatic ring is 1. The highest BCUT2D eigenvalue weighted by Crippen LogP contribution is 2.31. The van der Waals surface area contributed by atoms with Gasteiger partial charge in [0.2, 0.25) is 5.82 Å². The molecule has 0 aliphatic heterocycles. The van der Waals surface area contributed by atoms with Gasteiger partial charge in [0.25, 0.3) is 0 Å². The van der Waals surface area contributed by atoms with Crippen LogP contribution in [0.3, 0.4) is 0 Å². The van der Waals surface area contributed by atoms with Gasteiger partial charge < -0.3 is 11.1 Å². The van der Waals surface area contributed by atoms with Crippen LogP contribution < -0.4 is 11.1 Å². The molecule has 0 spiro atoms. The van der Waals surface area contributed by atoms with Crippen LogP contribution >= 0.6 is 0 Å². The Kier molecular flexibility index (Phi) is 3.82. The normalized spacial score (nSPS) is 23.6. The summed E-state index contributed by atoms with van der Waals surface area (Å²) in [6.07, 6.45) is -1.21. The minimum absolute atomic E-state index is 0.138. The molecule has 2 rings (SSSR count). The molecular weight excluding hydrogens is 257 g/mol. The molecule has 0 amide bonds. The predicted molar refractivity (Wildman–Crippen MR) is 66.4 cm³/mol. The number of hydrogen-bond acceptors (Lipinski definition) is 4. The van der Waals surface area contributed by atoms with Crippen molar-refractivity contribution in [3.05, 3.63) is 11.9 Å². The summed E-state index contributed by atoms with van der Waals surface area (Å²) in [6.45, 7) is 2.81. The van der Waals surface area contributed by atoms with E-state index in [0.29, 0.717) is 18.4 Å². The third kappa shape index (κ3) is 3.71. The minimum Gasteiger partial charge on any atom is -0.384 e. The fourth-order valence-corrected chi connectivity index (χ4v) is 2.44. The van der Waals surface area contributed by atoms with Gasteiger partial charge in [-0.15, -0.1) is 0 Å². The molecule has 106 valence electrons. The fraction of sp³-hybridized carbons (Fsp3) is 0.667. The van der Waals surface area contributed by atoms with E-state index in [1.807, 2.05) is 0 Å². The summed E-state index contributed by atoms with van der Waals surface area (Å²) in [5, 5.41) is 2.93. The number of nitrogens with two attached hydrogens (primary N) is 1. The Bertz CT molecular complexity index is 447. The van der Waals surface area contributed by atoms with Gasteiger partial charge in [0, 0.05) is 12.6 Å². The van der Waals surface area contributed by atoms with E-state index in [1.54, 1.807) is 0 Å². The minimum atomic E-state index is -4.58. The molecule has 1 aromatic rings. The molecule has 3 N–H and O–H groups in total. The van der Waals surface area contributed by atoms with Gasteiger partial charge in [0.05, 0.1) is 0 Å². The molecule has 0 aromatic carbocycles. The van der Waals surface area contributed by atoms with Crippen LogP contribution in [0.5, 0.6) is 0 Å². The first-order chi connectivity index (χ1) is 8.84. The van der Waals surface area contributed by atoms with E-state index in [4.69, 9.17) is 5.73 Å². The van der Waals surface area contributed by atoms with Crippen molar-refractivity contribution in [2.75, 3.05) is 17.6 Å². The molecule has 0 radical (unpaired) electrons. The van der Waals surface area contributed by atoms with Crippen molar-refractivity contribution in [3.8, 4) is 0 Å². The molecule has 4 nitrogen and oxygen atoms in total. The highest BCUT2D eigenvalue weighted by Gasteiger charge is 2.35. The quantitative estimate of drug-likeness (QED) is 0.889. The smallest absolute Gasteiger partial charge is 0.384 e. The standard InChI is InChI=1S/C12H17F3N4/c1-7-2-3-8(4-7)6-17-10-5-9(16)18-11(19-10)12(13,14)15/h5,7-8H,2-4,6H2,1H3,(H3,16,17,18,19). The van der Waals surface area contributed by atoms with Crippen molar-refractivity contribution >= 4 is 11.6 Å². The number of nitrogens with zero attached hydrogens (tertiary/aromatic N) is 2. The fourth-order valence-electron chi connectivity index (χ4n) is 2.44. The Morgan fingerprint density at radius 2 is 2.11 bits per heavy atom. The van der Waals surface area contributed by atoms with E-state index in [1.165, 1.54) is 12.5 Å². The number of aromatic nitrogens is 2. The zero-order valence-electron chi connectivity index (χ0n) is 10.7. The van der Waals surface area contributed by atoms with Gasteiger partial charge in [-0.1, -0.05) is 13.3 Å². The van der Waals surface area contributed by atoms with Gasteiger partial charge in [0.1, 0.15) is 11.6 Å². The first kappa shape index (κ1) is 13.9. The summed E-state index contributed by atoms with van der Waals surface area (Å²) in [5.74, 6) is -0.0627. The molecule has 1 aliphatic carbocycles. The van der Waals surface area contributed by atoms with Gasteiger partial charge in [-0.25, -0.2) is 9.97 Å². The zero-order valence-corrected chi connectivity index (χ0v) is 10.7. The summed E-state index contributed by atoms with van der Waals surface area (Å²) in [7, 11) is 0. The van der Waals surface area contributed by atoms with Gasteiger partial charge in [-0.2, -0.15) is 13.2 Å². The third-order valence-corrected chi connectivity index (χ3v) is 3.37. The second-order valence-corrected chi connectivity index (χ2v) is 5.16. The third-order valence-electron chi connectivity index (χ3n) is 3.37. The Labute approximate surface area is 109 Å². The molecule has 7 heteroatoms. The Morgan fingerprint density at radius 1 is 1.37 bits per heavy atom. The first-order valence-electron chi connectivity index (χ1n) is 6.30. The van der Waals surface area contributed by atoms with Crippen molar-refractivity contribution in [1.29, 1.82) is 0 Å². The van der Waals surface area contributed by atoms with Gasteiger partial charge in [-0.3, -0.25) is 0 Å². The molecular formula is C12H17F3N4. The molecule has 1 aliphatic rings. The lowest BCUT2D eigenvalue weighted by Crippen LogP contribution is -2.17. The molecule has 1 fully saturated rings. The number of anilines is 2. The van der Waals surface area contributed by atoms with Crippen LogP contribution in [0.15, 0.2) is 6.07 Å². The van der Waals surface area contributed by atoms with E-state index in [0.717, 1.165) is 12.8 Å². The molecule has 1 aromatic heterocycles. The number of rotatable bonds is 3. The summed E-state index contributed by atoms with van der Waals surface area (Å²) in [5.41, 5.74) is 5.37. The summed E-state index contributed by atoms with van der Waals surface area (Å²) >= 11 is 0. The zero-order chi connectivity index (χ0) is 14.0. The van der Waals surface area contributed by atoms with Crippen LogP contribution in [0.1, 0.15) is 32.0 Å². The number of halogens is 3. The van der Waals surface area contributed by atoms with E-state index >= 15 is 0 Å². The lowest BCUT2D eigenvalue weighted by atomic mass is 10.1. The average Bonchev–Trinajstić information content (AvgIpc) is 2.71. The molecule has 1 heterocycles. The van der Waals surface area contributed by atoms with Crippen LogP contribution in [0.25, 0.3) is 0 Å². The summed E-state index contributed by atoms with van der Waals surface area (Å²) < 4.78 is 37.6. The van der Waals surface area contributed by atoms with Gasteiger partial charge in [0.15, 0.2) is 0 Å². The van der Waals surface area contributed by atoms with Crippen LogP contribution in [0.2, 0.25) is 0 Å². The van der Waals surface area contributed by atoms with Crippen molar-refractivity contribution < 1.29 is 13.2 Å². The summed E-state index contributed by atoms with van der Waals surface area (Å²) in [6, 6.07) is 1.33. The van der Waals surface area contributed by atoms with E-state index < -0.39 is 12.0 Å². The maximum Gasteiger partial charge on any atom is 0.451 e. The maximum atomic E-state index is 12.5. The largest absolute Gasteiger partial charge is 0.451 e. The van der Waals surface area contributed by atoms with Crippen LogP contribution in [0, 0.1) is 11.8 Å². The van der Waals surface area contributed by atoms with Crippen LogP contribution in [0.4, 0.5) is 24.8 Å². The molecule has 0 bridgehead atoms. The number of alkyl halides is 3. The van der Waals surface area contributed by atoms with Crippen molar-refractivity contribution in [2.24, 2.45) is 11.8 Å². The average molecular weight is 274 g/mol. The lowest BCUT2D eigenvalue weighted by molar-refractivity contribution is -0.144. The van der Waals surface area contributed by atoms with E-state index in [9.17, 15) is 13.2 Å². The second kappa shape index (κ2) is 5.22. The molecule has 1 saturated carbocycles. The number of hydrogen-bond donors (Lipinski definition) is 2. The van der Waals surface area contributed by atoms with Crippen molar-refractivity contribution in [2.45, 2.75) is 32.4 Å². The Morgan fingerprint density at radius 3 is 2.68 bits per heavy atom. The topological polar surface area (TPSA) is 63.8 Å². The van der Waals surface area contributed by atoms with Crippen LogP contribution in [-0.4, -0.2) is 16.5 Å². The Hall–Kier alpha value is -1.53. The summed E-state index contributed by atoms with van der Waals surface area (Å²) in [4.78, 5) is 6.66. The predicted octanol–water partition coefficient (Wildman–Crippen LogP) is 2.93. The molecule has 2 unspecified atom stereocenters. The SMILES string of the molecule is CC1CCC(CNc2cc(N)nc(C(F)(F)F)n2)C1. The molecule has 0 saturated heterocycles. The highest BCUT2D eigenvalue weighted by atomic mass is 19.4. The first-order valence-corrected chi connectivity index (χ1v) is 6.30. The van der Waals surface area contributed by atoms with Crippen molar-refractivity contribution in [3.63, 3.8) is 0 Å². The van der Waals surface area contributed by atoms with Crippen molar-refractivity contribution in [1.82, 2.24) is 9.97 Å². The van der Waals surface area contributed by atoms with Gasteiger partial charge >= 0.3 is 6.18 Å². The molecule has 2 atom stereocenters. The van der Waals surface area contributed by atoms with E-state index in [-0.39, 0.29) is 11.6 Å². The maximum absolute atomic E-state index is 12.5. The number of nitrogens with one attached hydrogen (secondary N) is 1. The van der Waals surface area contributed by atoms with E-state index in [2.05, 4.69) is 22.2 Å². The van der Waals surface area contributed by atoms with Crippen LogP contribution in [-0.2, 0) is 6.18 Å².